The maximum Gasteiger partial charge on any atom is 0.272 e. The minimum atomic E-state index is -0.325. The molecule has 0 radical (unpaired) electrons. The van der Waals surface area contributed by atoms with Crippen molar-refractivity contribution in [1.29, 1.82) is 0 Å². The van der Waals surface area contributed by atoms with Gasteiger partial charge in [0.05, 0.1) is 11.3 Å². The van der Waals surface area contributed by atoms with Gasteiger partial charge in [-0.15, -0.1) is 0 Å². The molecule has 2 amide bonds. The summed E-state index contributed by atoms with van der Waals surface area (Å²) in [7, 11) is 0. The van der Waals surface area contributed by atoms with Crippen LogP contribution >= 0.6 is 0 Å². The number of nitrogens with one attached hydrogen (secondary N) is 2. The SMILES string of the molecule is CC(=NNC(=O)c1cccnc1)c1ccc(NC(=O)c2ccccc2)cc1. The number of anilines is 1. The highest BCUT2D eigenvalue weighted by atomic mass is 16.2. The van der Waals surface area contributed by atoms with Crippen LogP contribution in [0.4, 0.5) is 5.69 Å². The van der Waals surface area contributed by atoms with Gasteiger partial charge < -0.3 is 5.32 Å². The number of aromatic nitrogens is 1. The van der Waals surface area contributed by atoms with Gasteiger partial charge in [0.15, 0.2) is 0 Å². The smallest absolute Gasteiger partial charge is 0.272 e. The molecule has 3 aromatic rings. The van der Waals surface area contributed by atoms with Gasteiger partial charge in [0, 0.05) is 23.6 Å². The summed E-state index contributed by atoms with van der Waals surface area (Å²) in [6, 6.07) is 19.6. The van der Waals surface area contributed by atoms with Crippen molar-refractivity contribution in [2.24, 2.45) is 5.10 Å². The summed E-state index contributed by atoms with van der Waals surface area (Å²) >= 11 is 0. The van der Waals surface area contributed by atoms with Gasteiger partial charge in [0.2, 0.25) is 0 Å². The van der Waals surface area contributed by atoms with Crippen LogP contribution in [0.15, 0.2) is 84.2 Å². The second kappa shape index (κ2) is 8.53. The van der Waals surface area contributed by atoms with E-state index in [0.29, 0.717) is 22.5 Å². The van der Waals surface area contributed by atoms with E-state index in [9.17, 15) is 9.59 Å². The molecule has 2 aromatic carbocycles. The number of benzene rings is 2. The van der Waals surface area contributed by atoms with E-state index >= 15 is 0 Å². The van der Waals surface area contributed by atoms with E-state index in [1.165, 1.54) is 6.20 Å². The van der Waals surface area contributed by atoms with Gasteiger partial charge >= 0.3 is 0 Å². The lowest BCUT2D eigenvalue weighted by Gasteiger charge is -2.07. The molecule has 0 saturated carbocycles. The lowest BCUT2D eigenvalue weighted by Crippen LogP contribution is -2.19. The number of hydrazone groups is 1. The van der Waals surface area contributed by atoms with Gasteiger partial charge in [-0.25, -0.2) is 5.43 Å². The molecule has 6 heteroatoms. The molecular formula is C21H18N4O2. The highest BCUT2D eigenvalue weighted by Crippen LogP contribution is 2.12. The van der Waals surface area contributed by atoms with Crippen LogP contribution in [0.25, 0.3) is 0 Å². The minimum Gasteiger partial charge on any atom is -0.322 e. The summed E-state index contributed by atoms with van der Waals surface area (Å²) in [5.74, 6) is -0.494. The van der Waals surface area contributed by atoms with Crippen LogP contribution in [0.5, 0.6) is 0 Å². The standard InChI is InChI=1S/C21H18N4O2/c1-15(24-25-21(27)18-8-5-13-22-14-18)16-9-11-19(12-10-16)23-20(26)17-6-3-2-4-7-17/h2-14H,1H3,(H,23,26)(H,25,27). The van der Waals surface area contributed by atoms with E-state index in [1.807, 2.05) is 30.3 Å². The monoisotopic (exact) mass is 358 g/mol. The zero-order valence-corrected chi connectivity index (χ0v) is 14.7. The van der Waals surface area contributed by atoms with Gasteiger partial charge in [-0.2, -0.15) is 5.10 Å². The first-order valence-corrected chi connectivity index (χ1v) is 8.35. The van der Waals surface area contributed by atoms with Gasteiger partial charge in [-0.1, -0.05) is 30.3 Å². The lowest BCUT2D eigenvalue weighted by atomic mass is 10.1. The zero-order chi connectivity index (χ0) is 19.1. The Morgan fingerprint density at radius 1 is 0.815 bits per heavy atom. The van der Waals surface area contributed by atoms with Crippen LogP contribution in [0, 0.1) is 0 Å². The molecule has 0 unspecified atom stereocenters. The Labute approximate surface area is 157 Å². The molecule has 1 aromatic heterocycles. The number of amides is 2. The summed E-state index contributed by atoms with van der Waals surface area (Å²) in [6.07, 6.45) is 3.08. The Bertz CT molecular complexity index is 952. The van der Waals surface area contributed by atoms with Crippen LogP contribution in [-0.2, 0) is 0 Å². The van der Waals surface area contributed by atoms with Crippen LogP contribution in [0.1, 0.15) is 33.2 Å². The third-order valence-corrected chi connectivity index (χ3v) is 3.85. The molecule has 3 rings (SSSR count). The first-order valence-electron chi connectivity index (χ1n) is 8.35. The van der Waals surface area contributed by atoms with E-state index in [1.54, 1.807) is 49.5 Å². The predicted octanol–water partition coefficient (Wildman–Crippen LogP) is 3.49. The molecule has 0 spiro atoms. The molecule has 134 valence electrons. The van der Waals surface area contributed by atoms with Crippen molar-refractivity contribution in [2.75, 3.05) is 5.32 Å². The summed E-state index contributed by atoms with van der Waals surface area (Å²) in [4.78, 5) is 28.0. The van der Waals surface area contributed by atoms with E-state index in [-0.39, 0.29) is 11.8 Å². The molecule has 0 bridgehead atoms. The molecule has 0 aliphatic carbocycles. The molecule has 0 aliphatic heterocycles. The lowest BCUT2D eigenvalue weighted by molar-refractivity contribution is 0.0953. The van der Waals surface area contributed by atoms with E-state index in [0.717, 1.165) is 5.56 Å². The third kappa shape index (κ3) is 4.85. The Morgan fingerprint density at radius 2 is 1.52 bits per heavy atom. The fourth-order valence-corrected chi connectivity index (χ4v) is 2.35. The van der Waals surface area contributed by atoms with E-state index in [4.69, 9.17) is 0 Å². The molecule has 0 atom stereocenters. The molecule has 2 N–H and O–H groups in total. The van der Waals surface area contributed by atoms with Crippen LogP contribution in [0.3, 0.4) is 0 Å². The zero-order valence-electron chi connectivity index (χ0n) is 14.7. The highest BCUT2D eigenvalue weighted by Gasteiger charge is 2.07. The number of hydrogen-bond donors (Lipinski definition) is 2. The largest absolute Gasteiger partial charge is 0.322 e. The molecule has 0 fully saturated rings. The van der Waals surface area contributed by atoms with Crippen molar-refractivity contribution in [3.8, 4) is 0 Å². The normalized spacial score (nSPS) is 10.9. The number of carbonyl (C=O) groups is 2. The van der Waals surface area contributed by atoms with Gasteiger partial charge in [-0.05, 0) is 48.9 Å². The van der Waals surface area contributed by atoms with Crippen molar-refractivity contribution >= 4 is 23.2 Å². The Balaban J connectivity index is 1.62. The van der Waals surface area contributed by atoms with Crippen molar-refractivity contribution in [2.45, 2.75) is 6.92 Å². The second-order valence-corrected chi connectivity index (χ2v) is 5.78. The summed E-state index contributed by atoms with van der Waals surface area (Å²) in [5.41, 5.74) is 5.70. The Kier molecular flexibility index (Phi) is 5.69. The maximum absolute atomic E-state index is 12.2. The first-order chi connectivity index (χ1) is 13.1. The highest BCUT2D eigenvalue weighted by molar-refractivity contribution is 6.05. The fourth-order valence-electron chi connectivity index (χ4n) is 2.35. The van der Waals surface area contributed by atoms with E-state index in [2.05, 4.69) is 20.8 Å². The minimum absolute atomic E-state index is 0.169. The number of rotatable bonds is 5. The third-order valence-electron chi connectivity index (χ3n) is 3.85. The molecule has 6 nitrogen and oxygen atoms in total. The van der Waals surface area contributed by atoms with Crippen molar-refractivity contribution in [3.63, 3.8) is 0 Å². The van der Waals surface area contributed by atoms with Crippen molar-refractivity contribution in [1.82, 2.24) is 10.4 Å². The quantitative estimate of drug-likeness (QED) is 0.541. The van der Waals surface area contributed by atoms with Crippen molar-refractivity contribution in [3.05, 3.63) is 95.8 Å². The molecular weight excluding hydrogens is 340 g/mol. The number of hydrogen-bond acceptors (Lipinski definition) is 4. The summed E-state index contributed by atoms with van der Waals surface area (Å²) in [6.45, 7) is 1.79. The van der Waals surface area contributed by atoms with E-state index < -0.39 is 0 Å². The maximum atomic E-state index is 12.2. The predicted molar refractivity (Wildman–Crippen MR) is 105 cm³/mol. The van der Waals surface area contributed by atoms with Crippen molar-refractivity contribution < 1.29 is 9.59 Å². The Morgan fingerprint density at radius 3 is 2.19 bits per heavy atom. The fraction of sp³-hybridized carbons (Fsp3) is 0.0476. The average molecular weight is 358 g/mol. The van der Waals surface area contributed by atoms with Crippen LogP contribution < -0.4 is 10.7 Å². The van der Waals surface area contributed by atoms with Crippen LogP contribution in [0.2, 0.25) is 0 Å². The summed E-state index contributed by atoms with van der Waals surface area (Å²) in [5, 5.41) is 6.95. The topological polar surface area (TPSA) is 83.4 Å². The second-order valence-electron chi connectivity index (χ2n) is 5.78. The summed E-state index contributed by atoms with van der Waals surface area (Å²) < 4.78 is 0. The van der Waals surface area contributed by atoms with Gasteiger partial charge in [-0.3, -0.25) is 14.6 Å². The number of carbonyl (C=O) groups excluding carboxylic acids is 2. The molecule has 27 heavy (non-hydrogen) atoms. The molecule has 1 heterocycles. The van der Waals surface area contributed by atoms with Gasteiger partial charge in [0.1, 0.15) is 0 Å². The average Bonchev–Trinajstić information content (AvgIpc) is 2.73. The first kappa shape index (κ1) is 18.0. The van der Waals surface area contributed by atoms with Gasteiger partial charge in [0.25, 0.3) is 11.8 Å². The van der Waals surface area contributed by atoms with Crippen LogP contribution in [-0.4, -0.2) is 22.5 Å². The number of nitrogens with zero attached hydrogens (tertiary/aromatic N) is 2. The Hall–Kier alpha value is -3.80. The molecule has 0 saturated heterocycles. The molecule has 0 aliphatic rings. The number of pyridine rings is 1.